The molecule has 0 aliphatic heterocycles. The van der Waals surface area contributed by atoms with Crippen molar-refractivity contribution in [3.8, 4) is 0 Å². The zero-order valence-electron chi connectivity index (χ0n) is 20.4. The number of hydrogen-bond acceptors (Lipinski definition) is 3. The Morgan fingerprint density at radius 1 is 0.861 bits per heavy atom. The minimum atomic E-state index is -1.32. The fourth-order valence-electron chi connectivity index (χ4n) is 4.92. The minimum absolute atomic E-state index is 0.220. The van der Waals surface area contributed by atoms with Gasteiger partial charge in [-0.25, -0.2) is 9.59 Å². The highest BCUT2D eigenvalue weighted by Crippen LogP contribution is 2.31. The SMILES string of the molecule is Cc1cc(Br)cc(C)c1NC(=O)Nc1cc2ccccc2cc1C(=O)NC1(C(=O)O)CCCCCC1. The summed E-state index contributed by atoms with van der Waals surface area (Å²) in [5.41, 5.74) is 1.69. The van der Waals surface area contributed by atoms with Gasteiger partial charge in [0.1, 0.15) is 5.54 Å². The number of hydrogen-bond donors (Lipinski definition) is 4. The average molecular weight is 552 g/mol. The number of halogens is 1. The van der Waals surface area contributed by atoms with E-state index in [1.165, 1.54) is 0 Å². The van der Waals surface area contributed by atoms with Crippen molar-refractivity contribution >= 4 is 56.0 Å². The number of carbonyl (C=O) groups excluding carboxylic acids is 2. The lowest BCUT2D eigenvalue weighted by Gasteiger charge is -2.29. The molecule has 0 heterocycles. The fourth-order valence-corrected chi connectivity index (χ4v) is 5.60. The zero-order chi connectivity index (χ0) is 25.9. The van der Waals surface area contributed by atoms with Gasteiger partial charge < -0.3 is 21.1 Å². The summed E-state index contributed by atoms with van der Waals surface area (Å²) in [4.78, 5) is 38.8. The van der Waals surface area contributed by atoms with Crippen LogP contribution in [0.2, 0.25) is 0 Å². The maximum atomic E-state index is 13.5. The number of nitrogens with one attached hydrogen (secondary N) is 3. The Morgan fingerprint density at radius 2 is 1.44 bits per heavy atom. The number of aryl methyl sites for hydroxylation is 2. The number of carbonyl (C=O) groups is 3. The summed E-state index contributed by atoms with van der Waals surface area (Å²) in [6.07, 6.45) is 4.14. The summed E-state index contributed by atoms with van der Waals surface area (Å²) in [5, 5.41) is 20.2. The van der Waals surface area contributed by atoms with Crippen molar-refractivity contribution in [3.05, 3.63) is 69.7 Å². The van der Waals surface area contributed by atoms with E-state index in [2.05, 4.69) is 31.9 Å². The Balaban J connectivity index is 1.66. The van der Waals surface area contributed by atoms with Gasteiger partial charge in [-0.3, -0.25) is 4.79 Å². The normalized spacial score (nSPS) is 15.1. The van der Waals surface area contributed by atoms with Crippen LogP contribution < -0.4 is 16.0 Å². The topological polar surface area (TPSA) is 108 Å². The van der Waals surface area contributed by atoms with Gasteiger partial charge in [0.25, 0.3) is 5.91 Å². The predicted molar refractivity (Wildman–Crippen MR) is 146 cm³/mol. The van der Waals surface area contributed by atoms with Crippen molar-refractivity contribution in [2.24, 2.45) is 0 Å². The summed E-state index contributed by atoms with van der Waals surface area (Å²) in [6, 6.07) is 14.3. The molecule has 0 radical (unpaired) electrons. The molecule has 1 saturated carbocycles. The zero-order valence-corrected chi connectivity index (χ0v) is 22.0. The van der Waals surface area contributed by atoms with Crippen LogP contribution in [0.5, 0.6) is 0 Å². The standard InChI is InChI=1S/C28H30BrN3O4/c1-17-13-21(29)14-18(2)24(17)31-27(36)30-23-16-20-10-6-5-9-19(20)15-22(23)25(33)32-28(26(34)35)11-7-3-4-8-12-28/h5-6,9-10,13-16H,3-4,7-8,11-12H2,1-2H3,(H,32,33)(H,34,35)(H2,30,31,36). The highest BCUT2D eigenvalue weighted by atomic mass is 79.9. The average Bonchev–Trinajstić information content (AvgIpc) is 3.07. The molecule has 0 bridgehead atoms. The van der Waals surface area contributed by atoms with Crippen LogP contribution in [0.15, 0.2) is 53.0 Å². The number of rotatable bonds is 5. The van der Waals surface area contributed by atoms with E-state index in [9.17, 15) is 19.5 Å². The van der Waals surface area contributed by atoms with Crippen LogP contribution in [-0.4, -0.2) is 28.6 Å². The van der Waals surface area contributed by atoms with Crippen molar-refractivity contribution in [3.63, 3.8) is 0 Å². The lowest BCUT2D eigenvalue weighted by atomic mass is 9.89. The van der Waals surface area contributed by atoms with Crippen LogP contribution >= 0.6 is 15.9 Å². The van der Waals surface area contributed by atoms with Gasteiger partial charge in [-0.2, -0.15) is 0 Å². The number of amides is 3. The largest absolute Gasteiger partial charge is 0.480 e. The van der Waals surface area contributed by atoms with E-state index in [4.69, 9.17) is 0 Å². The molecule has 3 amide bonds. The molecule has 0 aromatic heterocycles. The van der Waals surface area contributed by atoms with E-state index in [1.54, 1.807) is 12.1 Å². The molecule has 3 aromatic rings. The molecule has 4 rings (SSSR count). The third-order valence-electron chi connectivity index (χ3n) is 6.83. The molecule has 0 saturated heterocycles. The number of carboxylic acids is 1. The lowest BCUT2D eigenvalue weighted by molar-refractivity contribution is -0.145. The molecule has 1 aliphatic carbocycles. The highest BCUT2D eigenvalue weighted by molar-refractivity contribution is 9.10. The van der Waals surface area contributed by atoms with Gasteiger partial charge in [0, 0.05) is 10.2 Å². The number of urea groups is 1. The Morgan fingerprint density at radius 3 is 2.03 bits per heavy atom. The Bertz CT molecular complexity index is 1310. The quantitative estimate of drug-likeness (QED) is 0.262. The van der Waals surface area contributed by atoms with E-state index in [0.29, 0.717) is 24.2 Å². The first kappa shape index (κ1) is 25.7. The number of anilines is 2. The van der Waals surface area contributed by atoms with Crippen LogP contribution in [0, 0.1) is 13.8 Å². The molecule has 7 nitrogen and oxygen atoms in total. The van der Waals surface area contributed by atoms with Crippen LogP contribution in [0.1, 0.15) is 60.0 Å². The van der Waals surface area contributed by atoms with Crippen molar-refractivity contribution in [2.45, 2.75) is 57.9 Å². The predicted octanol–water partition coefficient (Wildman–Crippen LogP) is 6.77. The molecule has 8 heteroatoms. The maximum Gasteiger partial charge on any atom is 0.329 e. The third-order valence-corrected chi connectivity index (χ3v) is 7.29. The van der Waals surface area contributed by atoms with E-state index < -0.39 is 23.4 Å². The third kappa shape index (κ3) is 5.54. The van der Waals surface area contributed by atoms with Crippen LogP contribution in [0.25, 0.3) is 10.8 Å². The highest BCUT2D eigenvalue weighted by Gasteiger charge is 2.40. The first-order valence-corrected chi connectivity index (χ1v) is 12.9. The van der Waals surface area contributed by atoms with E-state index in [1.807, 2.05) is 50.2 Å². The summed E-state index contributed by atoms with van der Waals surface area (Å²) in [5.74, 6) is -1.54. The van der Waals surface area contributed by atoms with Crippen LogP contribution in [-0.2, 0) is 4.79 Å². The molecular formula is C28H30BrN3O4. The first-order valence-electron chi connectivity index (χ1n) is 12.1. The molecule has 36 heavy (non-hydrogen) atoms. The number of fused-ring (bicyclic) bond motifs is 1. The van der Waals surface area contributed by atoms with Crippen LogP contribution in [0.3, 0.4) is 0 Å². The molecule has 1 fully saturated rings. The smallest absolute Gasteiger partial charge is 0.329 e. The molecule has 3 aromatic carbocycles. The first-order chi connectivity index (χ1) is 17.2. The lowest BCUT2D eigenvalue weighted by Crippen LogP contribution is -2.54. The second kappa shape index (κ2) is 10.7. The van der Waals surface area contributed by atoms with Gasteiger partial charge >= 0.3 is 12.0 Å². The number of benzene rings is 3. The molecule has 1 aliphatic rings. The molecule has 188 valence electrons. The molecular weight excluding hydrogens is 522 g/mol. The Hall–Kier alpha value is -3.39. The summed E-state index contributed by atoms with van der Waals surface area (Å²) in [7, 11) is 0. The van der Waals surface area contributed by atoms with Crippen molar-refractivity contribution in [1.29, 1.82) is 0 Å². The second-order valence-corrected chi connectivity index (χ2v) is 10.4. The summed E-state index contributed by atoms with van der Waals surface area (Å²) >= 11 is 3.46. The molecule has 0 spiro atoms. The van der Waals surface area contributed by atoms with Gasteiger partial charge in [0.15, 0.2) is 0 Å². The van der Waals surface area contributed by atoms with Gasteiger partial charge in [0.05, 0.1) is 11.3 Å². The van der Waals surface area contributed by atoms with Crippen molar-refractivity contribution in [1.82, 2.24) is 5.32 Å². The molecule has 4 N–H and O–H groups in total. The fraction of sp³-hybridized carbons (Fsp3) is 0.321. The van der Waals surface area contributed by atoms with E-state index in [-0.39, 0.29) is 5.56 Å². The van der Waals surface area contributed by atoms with Crippen LogP contribution in [0.4, 0.5) is 16.2 Å². The van der Waals surface area contributed by atoms with Gasteiger partial charge in [-0.15, -0.1) is 0 Å². The van der Waals surface area contributed by atoms with Gasteiger partial charge in [-0.05, 0) is 72.9 Å². The van der Waals surface area contributed by atoms with Crippen molar-refractivity contribution in [2.75, 3.05) is 10.6 Å². The van der Waals surface area contributed by atoms with E-state index in [0.717, 1.165) is 52.1 Å². The number of carboxylic acid groups (broad SMARTS) is 1. The van der Waals surface area contributed by atoms with Crippen molar-refractivity contribution < 1.29 is 19.5 Å². The van der Waals surface area contributed by atoms with Gasteiger partial charge in [0.2, 0.25) is 0 Å². The second-order valence-electron chi connectivity index (χ2n) is 9.49. The Kier molecular flexibility index (Phi) is 7.64. The summed E-state index contributed by atoms with van der Waals surface area (Å²) < 4.78 is 0.919. The monoisotopic (exact) mass is 551 g/mol. The molecule has 0 atom stereocenters. The maximum absolute atomic E-state index is 13.5. The molecule has 0 unspecified atom stereocenters. The number of aliphatic carboxylic acids is 1. The van der Waals surface area contributed by atoms with Gasteiger partial charge in [-0.1, -0.05) is 65.9 Å². The Labute approximate surface area is 218 Å². The van der Waals surface area contributed by atoms with E-state index >= 15 is 0 Å². The minimum Gasteiger partial charge on any atom is -0.480 e. The summed E-state index contributed by atoms with van der Waals surface area (Å²) in [6.45, 7) is 3.81.